The van der Waals surface area contributed by atoms with Gasteiger partial charge in [-0.1, -0.05) is 72.8 Å². The molecule has 0 saturated carbocycles. The Kier molecular flexibility index (Phi) is 3.26. The van der Waals surface area contributed by atoms with Crippen LogP contribution in [0, 0.1) is 0 Å². The van der Waals surface area contributed by atoms with Crippen molar-refractivity contribution in [3.05, 3.63) is 91.0 Å². The molecule has 0 amide bonds. The fourth-order valence-electron chi connectivity index (χ4n) is 4.30. The summed E-state index contributed by atoms with van der Waals surface area (Å²) < 4.78 is 2.55. The fraction of sp³-hybridized carbons (Fsp3) is 0. The lowest BCUT2D eigenvalue weighted by molar-refractivity contribution is 0.478. The molecule has 1 aromatic heterocycles. The third-order valence-electron chi connectivity index (χ3n) is 5.55. The van der Waals surface area contributed by atoms with Crippen molar-refractivity contribution in [2.45, 2.75) is 0 Å². The summed E-state index contributed by atoms with van der Waals surface area (Å²) in [7, 11) is 0. The summed E-state index contributed by atoms with van der Waals surface area (Å²) >= 11 is 1.83. The summed E-state index contributed by atoms with van der Waals surface area (Å²) in [5.41, 5.74) is 2.01. The van der Waals surface area contributed by atoms with Gasteiger partial charge in [0.2, 0.25) is 0 Å². The van der Waals surface area contributed by atoms with E-state index >= 15 is 0 Å². The largest absolute Gasteiger partial charge is 0.507 e. The van der Waals surface area contributed by atoms with Crippen LogP contribution < -0.4 is 0 Å². The van der Waals surface area contributed by atoms with Gasteiger partial charge in [0, 0.05) is 25.7 Å². The Balaban J connectivity index is 1.90. The molecule has 0 saturated heterocycles. The van der Waals surface area contributed by atoms with Crippen LogP contribution in [-0.4, -0.2) is 5.11 Å². The number of hydrogen-bond acceptors (Lipinski definition) is 2. The molecule has 0 fully saturated rings. The topological polar surface area (TPSA) is 20.2 Å². The van der Waals surface area contributed by atoms with Gasteiger partial charge in [-0.2, -0.15) is 0 Å². The van der Waals surface area contributed by atoms with E-state index in [0.29, 0.717) is 5.75 Å². The summed E-state index contributed by atoms with van der Waals surface area (Å²) in [5, 5.41) is 18.1. The van der Waals surface area contributed by atoms with Crippen LogP contribution in [0.4, 0.5) is 0 Å². The van der Waals surface area contributed by atoms with Gasteiger partial charge in [0.05, 0.1) is 0 Å². The van der Waals surface area contributed by atoms with E-state index in [1.807, 2.05) is 35.6 Å². The number of phenols is 1. The molecule has 0 aliphatic heterocycles. The summed E-state index contributed by atoms with van der Waals surface area (Å²) in [6, 6.07) is 31.4. The average Bonchev–Trinajstić information content (AvgIpc) is 3.13. The molecule has 0 aliphatic carbocycles. The summed E-state index contributed by atoms with van der Waals surface area (Å²) in [6.45, 7) is 0. The minimum atomic E-state index is 0.325. The number of aromatic hydroxyl groups is 1. The first-order valence-electron chi connectivity index (χ1n) is 9.35. The molecule has 1 nitrogen and oxygen atoms in total. The highest BCUT2D eigenvalue weighted by Gasteiger charge is 2.18. The van der Waals surface area contributed by atoms with E-state index in [1.54, 1.807) is 0 Å². The predicted octanol–water partition coefficient (Wildman–Crippen LogP) is 7.73. The van der Waals surface area contributed by atoms with Gasteiger partial charge < -0.3 is 5.11 Å². The van der Waals surface area contributed by atoms with E-state index < -0.39 is 0 Å². The zero-order chi connectivity index (χ0) is 18.7. The maximum Gasteiger partial charge on any atom is 0.124 e. The molecule has 132 valence electrons. The number of benzene rings is 5. The van der Waals surface area contributed by atoms with Crippen LogP contribution in [0.3, 0.4) is 0 Å². The lowest BCUT2D eigenvalue weighted by Crippen LogP contribution is -1.86. The molecule has 0 aliphatic rings. The predicted molar refractivity (Wildman–Crippen MR) is 121 cm³/mol. The fourth-order valence-corrected chi connectivity index (χ4v) is 5.56. The minimum absolute atomic E-state index is 0.325. The number of fused-ring (bicyclic) bond motifs is 6. The van der Waals surface area contributed by atoms with Crippen molar-refractivity contribution in [2.24, 2.45) is 0 Å². The molecule has 28 heavy (non-hydrogen) atoms. The zero-order valence-electron chi connectivity index (χ0n) is 15.0. The Morgan fingerprint density at radius 1 is 0.607 bits per heavy atom. The van der Waals surface area contributed by atoms with Crippen molar-refractivity contribution in [1.29, 1.82) is 0 Å². The second-order valence-electron chi connectivity index (χ2n) is 7.13. The van der Waals surface area contributed by atoms with Crippen molar-refractivity contribution in [2.75, 3.05) is 0 Å². The third-order valence-corrected chi connectivity index (χ3v) is 6.75. The molecule has 1 N–H and O–H groups in total. The molecule has 0 radical (unpaired) electrons. The Labute approximate surface area is 166 Å². The second kappa shape index (κ2) is 5.82. The van der Waals surface area contributed by atoms with Crippen LogP contribution in [0.15, 0.2) is 91.0 Å². The van der Waals surface area contributed by atoms with E-state index in [1.165, 1.54) is 30.9 Å². The first-order valence-corrected chi connectivity index (χ1v) is 10.2. The Bertz CT molecular complexity index is 1520. The van der Waals surface area contributed by atoms with E-state index in [0.717, 1.165) is 21.9 Å². The molecule has 6 aromatic rings. The molecule has 0 bridgehead atoms. The van der Waals surface area contributed by atoms with Gasteiger partial charge in [-0.3, -0.25) is 0 Å². The highest BCUT2D eigenvalue weighted by molar-refractivity contribution is 7.26. The van der Waals surface area contributed by atoms with E-state index in [-0.39, 0.29) is 0 Å². The monoisotopic (exact) mass is 376 g/mol. The van der Waals surface area contributed by atoms with E-state index in [2.05, 4.69) is 66.7 Å². The molecular weight excluding hydrogens is 360 g/mol. The first-order chi connectivity index (χ1) is 13.8. The van der Waals surface area contributed by atoms with Gasteiger partial charge in [-0.15, -0.1) is 11.3 Å². The molecular formula is C26H16OS. The standard InChI is InChI=1S/C26H16OS/c27-22-14-13-16-7-1-3-9-18(16)24(22)21-15-17-8-2-4-10-19(17)26-25(21)20-11-5-6-12-23(20)28-26/h1-15,27H. The van der Waals surface area contributed by atoms with Crippen LogP contribution in [0.2, 0.25) is 0 Å². The highest BCUT2D eigenvalue weighted by Crippen LogP contribution is 2.47. The van der Waals surface area contributed by atoms with Gasteiger partial charge in [0.1, 0.15) is 5.75 Å². The Morgan fingerprint density at radius 3 is 2.14 bits per heavy atom. The Hall–Kier alpha value is -3.36. The van der Waals surface area contributed by atoms with Crippen molar-refractivity contribution < 1.29 is 5.11 Å². The third kappa shape index (κ3) is 2.12. The number of hydrogen-bond donors (Lipinski definition) is 1. The number of rotatable bonds is 1. The first kappa shape index (κ1) is 15.7. The smallest absolute Gasteiger partial charge is 0.124 e. The Morgan fingerprint density at radius 2 is 1.29 bits per heavy atom. The van der Waals surface area contributed by atoms with E-state index in [4.69, 9.17) is 0 Å². The SMILES string of the molecule is Oc1ccc2ccccc2c1-c1cc2ccccc2c2sc3ccccc3c12. The van der Waals surface area contributed by atoms with Gasteiger partial charge in [0.15, 0.2) is 0 Å². The van der Waals surface area contributed by atoms with Crippen LogP contribution in [-0.2, 0) is 0 Å². The van der Waals surface area contributed by atoms with E-state index in [9.17, 15) is 5.11 Å². The van der Waals surface area contributed by atoms with Crippen LogP contribution in [0.5, 0.6) is 5.75 Å². The van der Waals surface area contributed by atoms with Crippen LogP contribution in [0.1, 0.15) is 0 Å². The van der Waals surface area contributed by atoms with Crippen LogP contribution >= 0.6 is 11.3 Å². The number of phenolic OH excluding ortho intramolecular Hbond substituents is 1. The van der Waals surface area contributed by atoms with Gasteiger partial charge >= 0.3 is 0 Å². The summed E-state index contributed by atoms with van der Waals surface area (Å²) in [4.78, 5) is 0. The minimum Gasteiger partial charge on any atom is -0.507 e. The molecule has 0 atom stereocenters. The number of thiophene rings is 1. The van der Waals surface area contributed by atoms with Gasteiger partial charge in [-0.25, -0.2) is 0 Å². The molecule has 0 unspecified atom stereocenters. The average molecular weight is 376 g/mol. The van der Waals surface area contributed by atoms with Gasteiger partial charge in [0.25, 0.3) is 0 Å². The second-order valence-corrected chi connectivity index (χ2v) is 8.18. The quantitative estimate of drug-likeness (QED) is 0.311. The van der Waals surface area contributed by atoms with Crippen molar-refractivity contribution in [1.82, 2.24) is 0 Å². The summed E-state index contributed by atoms with van der Waals surface area (Å²) in [6.07, 6.45) is 0. The van der Waals surface area contributed by atoms with Gasteiger partial charge in [-0.05, 0) is 45.3 Å². The molecule has 1 heterocycles. The molecule has 2 heteroatoms. The maximum absolute atomic E-state index is 10.9. The normalized spacial score (nSPS) is 11.7. The van der Waals surface area contributed by atoms with Crippen LogP contribution in [0.25, 0.3) is 52.8 Å². The lowest BCUT2D eigenvalue weighted by Gasteiger charge is -2.13. The molecule has 6 rings (SSSR count). The maximum atomic E-state index is 10.9. The molecule has 5 aromatic carbocycles. The van der Waals surface area contributed by atoms with Crippen molar-refractivity contribution >= 4 is 53.1 Å². The zero-order valence-corrected chi connectivity index (χ0v) is 15.8. The van der Waals surface area contributed by atoms with Crippen molar-refractivity contribution in [3.63, 3.8) is 0 Å². The van der Waals surface area contributed by atoms with Crippen molar-refractivity contribution in [3.8, 4) is 16.9 Å². The summed E-state index contributed by atoms with van der Waals surface area (Å²) in [5.74, 6) is 0.325. The molecule has 0 spiro atoms. The lowest BCUT2D eigenvalue weighted by atomic mass is 9.91. The highest BCUT2D eigenvalue weighted by atomic mass is 32.1.